The number of rotatable bonds is 9. The molecule has 0 unspecified atom stereocenters. The highest BCUT2D eigenvalue weighted by atomic mass is 31.1. The van der Waals surface area contributed by atoms with Crippen LogP contribution in [0.1, 0.15) is 140 Å². The molecule has 0 spiro atoms. The van der Waals surface area contributed by atoms with Gasteiger partial charge in [-0.2, -0.15) is 0 Å². The predicted molar refractivity (Wildman–Crippen MR) is 183 cm³/mol. The van der Waals surface area contributed by atoms with E-state index in [1.807, 2.05) is 0 Å². The molecule has 0 aromatic heterocycles. The lowest BCUT2D eigenvalue weighted by Crippen LogP contribution is -2.32. The van der Waals surface area contributed by atoms with Gasteiger partial charge >= 0.3 is 0 Å². The van der Waals surface area contributed by atoms with E-state index in [0.29, 0.717) is 6.04 Å². The predicted octanol–water partition coefficient (Wildman–Crippen LogP) is 10.9. The summed E-state index contributed by atoms with van der Waals surface area (Å²) in [5.74, 6) is 1.66. The quantitative estimate of drug-likeness (QED) is 0.259. The van der Waals surface area contributed by atoms with Crippen LogP contribution in [0.15, 0.2) is 24.3 Å². The van der Waals surface area contributed by atoms with E-state index in [-0.39, 0.29) is 15.8 Å². The Bertz CT molecular complexity index is 871. The standard InChI is InChI=1S/C38H58NP2/c1-39(2)38(36-27-16-28-37(36)41(33-22-11-5-12-23-33)34-24-13-6-14-25-34)30-17-15-26-35(29-30)40(31-18-7-3-8-19-31)32-20-9-4-10-21-32/h15-17,26-29,31-34,38H,3-14,18-25H2,1-2H3/t38-/m1/s1. The summed E-state index contributed by atoms with van der Waals surface area (Å²) in [5, 5.41) is 1.75. The fourth-order valence-corrected chi connectivity index (χ4v) is 17.2. The van der Waals surface area contributed by atoms with Crippen molar-refractivity contribution in [2.24, 2.45) is 0 Å². The molecule has 1 aromatic carbocycles. The van der Waals surface area contributed by atoms with E-state index in [9.17, 15) is 0 Å². The third-order valence-corrected chi connectivity index (χ3v) is 18.3. The fraction of sp³-hybridized carbons (Fsp3) is 0.711. The van der Waals surface area contributed by atoms with Crippen LogP contribution in [0.2, 0.25) is 0 Å². The average molecular weight is 591 g/mol. The van der Waals surface area contributed by atoms with Crippen molar-refractivity contribution in [3.63, 3.8) is 0 Å². The van der Waals surface area contributed by atoms with Crippen molar-refractivity contribution in [1.29, 1.82) is 0 Å². The summed E-state index contributed by atoms with van der Waals surface area (Å²) in [6.07, 6.45) is 37.1. The maximum atomic E-state index is 2.74. The Morgan fingerprint density at radius 3 is 1.51 bits per heavy atom. The monoisotopic (exact) mass is 590 g/mol. The molecule has 1 atom stereocenters. The second-order valence-electron chi connectivity index (χ2n) is 14.3. The molecular weight excluding hydrogens is 532 g/mol. The molecule has 3 heteroatoms. The maximum absolute atomic E-state index is 2.74. The Kier molecular flexibility index (Phi) is 11.6. The van der Waals surface area contributed by atoms with Crippen LogP contribution < -0.4 is 5.30 Å². The van der Waals surface area contributed by atoms with Crippen LogP contribution >= 0.6 is 15.8 Å². The SMILES string of the molecule is CN(C)[C@@H]([C]1[CH][CH][CH][C]1P(C1CCCCC1)C1CCCCC1)c1cccc(P(C2CCCCC2)C2CCCCC2)c1. The van der Waals surface area contributed by atoms with E-state index in [2.05, 4.69) is 62.5 Å². The van der Waals surface area contributed by atoms with Crippen LogP contribution in [0, 0.1) is 30.8 Å². The molecule has 41 heavy (non-hydrogen) atoms. The number of hydrogen-bond donors (Lipinski definition) is 0. The topological polar surface area (TPSA) is 3.24 Å². The highest BCUT2D eigenvalue weighted by molar-refractivity contribution is 7.67. The Morgan fingerprint density at radius 1 is 0.585 bits per heavy atom. The summed E-state index contributed by atoms with van der Waals surface area (Å²) in [7, 11) is 4.55. The van der Waals surface area contributed by atoms with Crippen molar-refractivity contribution in [2.75, 3.05) is 14.1 Å². The van der Waals surface area contributed by atoms with Crippen LogP contribution in [-0.4, -0.2) is 41.6 Å². The van der Waals surface area contributed by atoms with Gasteiger partial charge in [-0.1, -0.05) is 111 Å². The molecular formula is C38H58NP2. The van der Waals surface area contributed by atoms with Gasteiger partial charge in [0.2, 0.25) is 0 Å². The van der Waals surface area contributed by atoms with Crippen LogP contribution in [-0.2, 0) is 0 Å². The fourth-order valence-electron chi connectivity index (χ4n) is 9.35. The van der Waals surface area contributed by atoms with E-state index < -0.39 is 0 Å². The number of benzene rings is 1. The third kappa shape index (κ3) is 7.48. The third-order valence-electron chi connectivity index (χ3n) is 11.3. The van der Waals surface area contributed by atoms with E-state index in [1.165, 1.54) is 128 Å². The van der Waals surface area contributed by atoms with Crippen LogP contribution in [0.3, 0.4) is 0 Å². The van der Waals surface area contributed by atoms with Gasteiger partial charge in [-0.15, -0.1) is 0 Å². The maximum Gasteiger partial charge on any atom is 0.0417 e. The molecule has 0 N–H and O–H groups in total. The van der Waals surface area contributed by atoms with Crippen molar-refractivity contribution in [3.8, 4) is 0 Å². The molecule has 0 heterocycles. The van der Waals surface area contributed by atoms with Gasteiger partial charge < -0.3 is 4.90 Å². The molecule has 1 aromatic rings. The second kappa shape index (κ2) is 15.4. The highest BCUT2D eigenvalue weighted by Gasteiger charge is 2.46. The first-order chi connectivity index (χ1) is 20.2. The normalized spacial score (nSPS) is 26.5. The lowest BCUT2D eigenvalue weighted by Gasteiger charge is -2.45. The molecule has 0 saturated heterocycles. The zero-order chi connectivity index (χ0) is 28.0. The van der Waals surface area contributed by atoms with E-state index in [0.717, 1.165) is 22.6 Å². The molecule has 0 bridgehead atoms. The summed E-state index contributed by atoms with van der Waals surface area (Å²) in [4.78, 5) is 2.55. The van der Waals surface area contributed by atoms with Gasteiger partial charge in [-0.25, -0.2) is 0 Å². The van der Waals surface area contributed by atoms with E-state index >= 15 is 0 Å². The molecule has 6 rings (SSSR count). The largest absolute Gasteiger partial charge is 0.302 e. The van der Waals surface area contributed by atoms with Gasteiger partial charge in [0, 0.05) is 17.6 Å². The average Bonchev–Trinajstić information content (AvgIpc) is 3.48. The van der Waals surface area contributed by atoms with Crippen molar-refractivity contribution >= 4 is 21.1 Å². The Labute approximate surface area is 257 Å². The van der Waals surface area contributed by atoms with E-state index in [4.69, 9.17) is 0 Å². The Balaban J connectivity index is 1.30. The van der Waals surface area contributed by atoms with Crippen molar-refractivity contribution in [3.05, 3.63) is 60.7 Å². The van der Waals surface area contributed by atoms with Crippen molar-refractivity contribution < 1.29 is 0 Å². The summed E-state index contributed by atoms with van der Waals surface area (Å²) >= 11 is 0. The van der Waals surface area contributed by atoms with Gasteiger partial charge in [0.15, 0.2) is 0 Å². The molecule has 0 amide bonds. The first kappa shape index (κ1) is 31.0. The van der Waals surface area contributed by atoms with Crippen LogP contribution in [0.5, 0.6) is 0 Å². The smallest absolute Gasteiger partial charge is 0.0417 e. The first-order valence-corrected chi connectivity index (χ1v) is 20.8. The molecule has 0 aliphatic heterocycles. The molecule has 5 aliphatic carbocycles. The van der Waals surface area contributed by atoms with Gasteiger partial charge in [0.25, 0.3) is 0 Å². The molecule has 1 nitrogen and oxygen atoms in total. The van der Waals surface area contributed by atoms with Gasteiger partial charge in [-0.05, 0) is 124 Å². The van der Waals surface area contributed by atoms with Gasteiger partial charge in [-0.3, -0.25) is 0 Å². The summed E-state index contributed by atoms with van der Waals surface area (Å²) in [6.45, 7) is 0. The minimum atomic E-state index is -0.0867. The minimum absolute atomic E-state index is 0.0650. The van der Waals surface area contributed by atoms with Gasteiger partial charge in [0.05, 0.1) is 0 Å². The van der Waals surface area contributed by atoms with Gasteiger partial charge in [0.1, 0.15) is 0 Å². The minimum Gasteiger partial charge on any atom is -0.302 e. The molecule has 5 aliphatic rings. The number of nitrogens with zero attached hydrogens (tertiary/aromatic N) is 1. The number of hydrogen-bond acceptors (Lipinski definition) is 1. The summed E-state index contributed by atoms with van der Waals surface area (Å²) < 4.78 is 0. The molecule has 5 saturated carbocycles. The first-order valence-electron chi connectivity index (χ1n) is 17.8. The zero-order valence-corrected chi connectivity index (χ0v) is 28.2. The summed E-state index contributed by atoms with van der Waals surface area (Å²) in [6, 6.07) is 10.6. The van der Waals surface area contributed by atoms with Crippen molar-refractivity contribution in [2.45, 2.75) is 157 Å². The zero-order valence-electron chi connectivity index (χ0n) is 26.4. The van der Waals surface area contributed by atoms with Crippen molar-refractivity contribution in [1.82, 2.24) is 4.90 Å². The Hall–Kier alpha value is 0.0400. The molecule has 5 radical (unpaired) electrons. The lowest BCUT2D eigenvalue weighted by molar-refractivity contribution is 0.319. The Morgan fingerprint density at radius 2 is 1.05 bits per heavy atom. The van der Waals surface area contributed by atoms with Crippen LogP contribution in [0.25, 0.3) is 0 Å². The second-order valence-corrected chi connectivity index (χ2v) is 19.9. The van der Waals surface area contributed by atoms with E-state index in [1.54, 1.807) is 22.4 Å². The lowest BCUT2D eigenvalue weighted by atomic mass is 9.90. The molecule has 5 fully saturated rings. The highest BCUT2D eigenvalue weighted by Crippen LogP contribution is 2.69. The van der Waals surface area contributed by atoms with Crippen LogP contribution in [0.4, 0.5) is 0 Å². The molecule has 225 valence electrons. The summed E-state index contributed by atoms with van der Waals surface area (Å²) in [5.41, 5.74) is 7.22.